The van der Waals surface area contributed by atoms with E-state index < -0.39 is 0 Å². The Hall–Kier alpha value is -3.55. The number of amides is 1. The van der Waals surface area contributed by atoms with Gasteiger partial charge in [0.15, 0.2) is 5.69 Å². The summed E-state index contributed by atoms with van der Waals surface area (Å²) in [5.41, 5.74) is 1.82. The Morgan fingerprint density at radius 3 is 2.40 bits per heavy atom. The molecule has 8 heteroatoms. The smallest absolute Gasteiger partial charge is 0.354 e. The van der Waals surface area contributed by atoms with Crippen LogP contribution in [0.15, 0.2) is 54.9 Å². The Morgan fingerprint density at radius 1 is 1.00 bits per heavy atom. The van der Waals surface area contributed by atoms with E-state index in [1.54, 1.807) is 30.1 Å². The summed E-state index contributed by atoms with van der Waals surface area (Å²) in [6, 6.07) is 13.0. The number of benzene rings is 1. The van der Waals surface area contributed by atoms with E-state index in [-0.39, 0.29) is 17.9 Å². The third-order valence-electron chi connectivity index (χ3n) is 5.46. The largest absolute Gasteiger partial charge is 0.497 e. The van der Waals surface area contributed by atoms with Crippen LogP contribution >= 0.6 is 0 Å². The first-order valence-corrected chi connectivity index (χ1v) is 9.85. The molecule has 8 nitrogen and oxygen atoms in total. The van der Waals surface area contributed by atoms with Crippen molar-refractivity contribution in [3.63, 3.8) is 0 Å². The van der Waals surface area contributed by atoms with Crippen LogP contribution in [0.25, 0.3) is 5.69 Å². The lowest BCUT2D eigenvalue weighted by Crippen LogP contribution is -2.39. The normalized spacial score (nSPS) is 14.5. The van der Waals surface area contributed by atoms with Crippen molar-refractivity contribution in [1.29, 1.82) is 0 Å². The van der Waals surface area contributed by atoms with Gasteiger partial charge in [0, 0.05) is 31.5 Å². The zero-order valence-electron chi connectivity index (χ0n) is 17.0. The van der Waals surface area contributed by atoms with Gasteiger partial charge in [-0.05, 0) is 55.3 Å². The number of likely N-dealkylation sites (tertiary alicyclic amines) is 1. The maximum atomic E-state index is 12.9. The number of piperidine rings is 1. The Kier molecular flexibility index (Phi) is 5.56. The summed E-state index contributed by atoms with van der Waals surface area (Å²) in [5, 5.41) is 4.45. The lowest BCUT2D eigenvalue weighted by Gasteiger charge is -2.33. The highest BCUT2D eigenvalue weighted by Gasteiger charge is 2.27. The molecule has 1 aliphatic rings. The lowest BCUT2D eigenvalue weighted by atomic mass is 10.0. The molecule has 156 valence electrons. The highest BCUT2D eigenvalue weighted by Crippen LogP contribution is 2.26. The molecule has 1 amide bonds. The maximum absolute atomic E-state index is 12.9. The molecule has 1 aromatic carbocycles. The summed E-state index contributed by atoms with van der Waals surface area (Å²) < 4.78 is 13.7. The number of methoxy groups -OCH3 is 2. The number of esters is 1. The summed E-state index contributed by atoms with van der Waals surface area (Å²) in [7, 11) is 3.00. The summed E-state index contributed by atoms with van der Waals surface area (Å²) in [6.45, 7) is 1.22. The van der Waals surface area contributed by atoms with Crippen molar-refractivity contribution in [2.45, 2.75) is 18.9 Å². The molecule has 0 saturated carbocycles. The molecule has 0 aliphatic carbocycles. The third-order valence-corrected chi connectivity index (χ3v) is 5.46. The topological polar surface area (TPSA) is 78.6 Å². The molecule has 1 saturated heterocycles. The number of aromatic nitrogens is 3. The van der Waals surface area contributed by atoms with E-state index in [1.807, 2.05) is 46.0 Å². The predicted octanol–water partition coefficient (Wildman–Crippen LogP) is 2.95. The Balaban J connectivity index is 1.41. The van der Waals surface area contributed by atoms with E-state index in [0.29, 0.717) is 24.5 Å². The van der Waals surface area contributed by atoms with E-state index >= 15 is 0 Å². The second kappa shape index (κ2) is 8.44. The van der Waals surface area contributed by atoms with Gasteiger partial charge in [0.1, 0.15) is 11.4 Å². The molecule has 2 aromatic heterocycles. The van der Waals surface area contributed by atoms with Gasteiger partial charge in [0.05, 0.1) is 19.9 Å². The highest BCUT2D eigenvalue weighted by atomic mass is 16.5. The van der Waals surface area contributed by atoms with Crippen LogP contribution in [0.2, 0.25) is 0 Å². The summed E-state index contributed by atoms with van der Waals surface area (Å²) in [6.07, 6.45) is 5.21. The maximum Gasteiger partial charge on any atom is 0.354 e. The van der Waals surface area contributed by atoms with Gasteiger partial charge < -0.3 is 18.9 Å². The summed E-state index contributed by atoms with van der Waals surface area (Å²) in [4.78, 5) is 26.7. The molecule has 0 spiro atoms. The fourth-order valence-corrected chi connectivity index (χ4v) is 3.82. The number of rotatable bonds is 5. The molecule has 0 radical (unpaired) electrons. The quantitative estimate of drug-likeness (QED) is 0.607. The Labute approximate surface area is 174 Å². The minimum atomic E-state index is -0.345. The molecule has 1 aliphatic heterocycles. The van der Waals surface area contributed by atoms with Crippen molar-refractivity contribution in [3.05, 3.63) is 66.2 Å². The molecule has 4 rings (SSSR count). The second-order valence-corrected chi connectivity index (χ2v) is 7.16. The van der Waals surface area contributed by atoms with E-state index in [0.717, 1.165) is 24.3 Å². The Morgan fingerprint density at radius 2 is 1.73 bits per heavy atom. The van der Waals surface area contributed by atoms with Gasteiger partial charge in [-0.3, -0.25) is 4.79 Å². The number of carbonyl (C=O) groups is 2. The molecular weight excluding hydrogens is 384 g/mol. The van der Waals surface area contributed by atoms with Crippen molar-refractivity contribution < 1.29 is 19.1 Å². The highest BCUT2D eigenvalue weighted by molar-refractivity contribution is 5.92. The van der Waals surface area contributed by atoms with E-state index in [4.69, 9.17) is 9.47 Å². The van der Waals surface area contributed by atoms with Gasteiger partial charge in [-0.25, -0.2) is 9.48 Å². The number of hydrogen-bond acceptors (Lipinski definition) is 5. The monoisotopic (exact) mass is 408 g/mol. The van der Waals surface area contributed by atoms with Gasteiger partial charge >= 0.3 is 5.97 Å². The zero-order chi connectivity index (χ0) is 21.1. The SMILES string of the molecule is COC(=O)c1cccn1C1CCN(C(=O)c2ccn(-c3ccc(OC)cc3)n2)CC1. The van der Waals surface area contributed by atoms with Crippen LogP contribution in [0.4, 0.5) is 0 Å². The van der Waals surface area contributed by atoms with Gasteiger partial charge in [-0.15, -0.1) is 0 Å². The van der Waals surface area contributed by atoms with Crippen molar-refractivity contribution in [2.24, 2.45) is 0 Å². The van der Waals surface area contributed by atoms with Crippen LogP contribution in [0.1, 0.15) is 39.9 Å². The molecule has 0 N–H and O–H groups in total. The third kappa shape index (κ3) is 3.80. The van der Waals surface area contributed by atoms with Crippen LogP contribution in [0.5, 0.6) is 5.75 Å². The summed E-state index contributed by atoms with van der Waals surface area (Å²) in [5.74, 6) is 0.340. The minimum absolute atomic E-state index is 0.0820. The zero-order valence-corrected chi connectivity index (χ0v) is 17.0. The van der Waals surface area contributed by atoms with Crippen molar-refractivity contribution in [3.8, 4) is 11.4 Å². The predicted molar refractivity (Wildman–Crippen MR) is 110 cm³/mol. The molecule has 0 bridgehead atoms. The molecular formula is C22H24N4O4. The van der Waals surface area contributed by atoms with Gasteiger partial charge in [-0.1, -0.05) is 0 Å². The molecule has 30 heavy (non-hydrogen) atoms. The average molecular weight is 408 g/mol. The average Bonchev–Trinajstić information content (AvgIpc) is 3.48. The molecule has 3 heterocycles. The number of hydrogen-bond donors (Lipinski definition) is 0. The Bertz CT molecular complexity index is 1030. The second-order valence-electron chi connectivity index (χ2n) is 7.16. The van der Waals surface area contributed by atoms with Crippen molar-refractivity contribution in [2.75, 3.05) is 27.3 Å². The van der Waals surface area contributed by atoms with Crippen LogP contribution in [0.3, 0.4) is 0 Å². The fraction of sp³-hybridized carbons (Fsp3) is 0.318. The number of carbonyl (C=O) groups excluding carboxylic acids is 2. The summed E-state index contributed by atoms with van der Waals surface area (Å²) >= 11 is 0. The number of nitrogens with zero attached hydrogens (tertiary/aromatic N) is 4. The van der Waals surface area contributed by atoms with E-state index in [9.17, 15) is 9.59 Å². The lowest BCUT2D eigenvalue weighted by molar-refractivity contribution is 0.0573. The van der Waals surface area contributed by atoms with Crippen LogP contribution < -0.4 is 4.74 Å². The van der Waals surface area contributed by atoms with Crippen molar-refractivity contribution >= 4 is 11.9 Å². The molecule has 0 unspecified atom stereocenters. The van der Waals surface area contributed by atoms with Crippen LogP contribution in [0, 0.1) is 0 Å². The first-order chi connectivity index (χ1) is 14.6. The first-order valence-electron chi connectivity index (χ1n) is 9.85. The van der Waals surface area contributed by atoms with Gasteiger partial charge in [0.25, 0.3) is 5.91 Å². The van der Waals surface area contributed by atoms with Gasteiger partial charge in [0.2, 0.25) is 0 Å². The number of ether oxygens (including phenoxy) is 2. The van der Waals surface area contributed by atoms with Gasteiger partial charge in [-0.2, -0.15) is 5.10 Å². The van der Waals surface area contributed by atoms with E-state index in [1.165, 1.54) is 7.11 Å². The van der Waals surface area contributed by atoms with Crippen LogP contribution in [-0.4, -0.2) is 58.4 Å². The molecule has 1 fully saturated rings. The van der Waals surface area contributed by atoms with Crippen molar-refractivity contribution in [1.82, 2.24) is 19.2 Å². The standard InChI is InChI=1S/C22H24N4O4/c1-29-18-7-5-17(6-8-18)26-15-11-19(23-26)21(27)24-13-9-16(10-14-24)25-12-3-4-20(25)22(28)30-2/h3-8,11-12,15-16H,9-10,13-14H2,1-2H3. The first kappa shape index (κ1) is 19.8. The van der Waals surface area contributed by atoms with E-state index in [2.05, 4.69) is 5.10 Å². The fourth-order valence-electron chi connectivity index (χ4n) is 3.82. The molecule has 3 aromatic rings. The molecule has 0 atom stereocenters. The minimum Gasteiger partial charge on any atom is -0.497 e. The van der Waals surface area contributed by atoms with Crippen LogP contribution in [-0.2, 0) is 4.74 Å².